The smallest absolute Gasteiger partial charge is 0.244 e. The van der Waals surface area contributed by atoms with Crippen molar-refractivity contribution in [2.75, 3.05) is 17.1 Å². The lowest BCUT2D eigenvalue weighted by Crippen LogP contribution is -2.54. The van der Waals surface area contributed by atoms with Crippen LogP contribution < -0.4 is 9.62 Å². The predicted molar refractivity (Wildman–Crippen MR) is 152 cm³/mol. The molecule has 0 spiro atoms. The van der Waals surface area contributed by atoms with Crippen LogP contribution in [0.3, 0.4) is 0 Å². The summed E-state index contributed by atoms with van der Waals surface area (Å²) in [6.07, 6.45) is 1.95. The van der Waals surface area contributed by atoms with Crippen molar-refractivity contribution in [1.29, 1.82) is 0 Å². The van der Waals surface area contributed by atoms with Crippen molar-refractivity contribution in [1.82, 2.24) is 10.2 Å². The van der Waals surface area contributed by atoms with Crippen LogP contribution in [0.15, 0.2) is 78.9 Å². The highest BCUT2D eigenvalue weighted by molar-refractivity contribution is 7.92. The molecule has 0 bridgehead atoms. The van der Waals surface area contributed by atoms with Gasteiger partial charge in [-0.15, -0.1) is 0 Å². The lowest BCUT2D eigenvalue weighted by Gasteiger charge is -2.34. The Morgan fingerprint density at radius 2 is 1.54 bits per heavy atom. The van der Waals surface area contributed by atoms with Crippen LogP contribution in [-0.4, -0.2) is 50.0 Å². The van der Waals surface area contributed by atoms with Crippen LogP contribution in [0.5, 0.6) is 0 Å². The monoisotopic (exact) mass is 553 g/mol. The minimum Gasteiger partial charge on any atom is -0.352 e. The van der Waals surface area contributed by atoms with Crippen LogP contribution in [0.25, 0.3) is 0 Å². The minimum atomic E-state index is -3.90. The average Bonchev–Trinajstić information content (AvgIpc) is 2.90. The van der Waals surface area contributed by atoms with Crippen molar-refractivity contribution < 1.29 is 22.4 Å². The molecule has 208 valence electrons. The minimum absolute atomic E-state index is 0.103. The number of rotatable bonds is 12. The van der Waals surface area contributed by atoms with Gasteiger partial charge in [0.15, 0.2) is 0 Å². The number of anilines is 1. The van der Waals surface area contributed by atoms with Gasteiger partial charge in [-0.1, -0.05) is 67.1 Å². The molecule has 0 aliphatic carbocycles. The third-order valence-corrected chi connectivity index (χ3v) is 7.68. The summed E-state index contributed by atoms with van der Waals surface area (Å²) in [6, 6.07) is 20.9. The van der Waals surface area contributed by atoms with Gasteiger partial charge >= 0.3 is 0 Å². The third kappa shape index (κ3) is 8.64. The first-order valence-corrected chi connectivity index (χ1v) is 14.7. The maximum atomic E-state index is 14.0. The van der Waals surface area contributed by atoms with Crippen LogP contribution in [0.1, 0.15) is 37.0 Å². The zero-order valence-corrected chi connectivity index (χ0v) is 23.6. The second kappa shape index (κ2) is 13.4. The number of halogens is 1. The number of benzene rings is 3. The van der Waals surface area contributed by atoms with Crippen molar-refractivity contribution in [2.24, 2.45) is 0 Å². The Kier molecular flexibility index (Phi) is 10.2. The maximum absolute atomic E-state index is 14.0. The molecule has 0 aliphatic heterocycles. The molecule has 9 heteroatoms. The number of hydrogen-bond donors (Lipinski definition) is 1. The Morgan fingerprint density at radius 1 is 0.923 bits per heavy atom. The van der Waals surface area contributed by atoms with Crippen LogP contribution in [-0.2, 0) is 32.6 Å². The molecule has 0 unspecified atom stereocenters. The fraction of sp³-hybridized carbons (Fsp3) is 0.333. The molecule has 3 aromatic carbocycles. The van der Waals surface area contributed by atoms with E-state index in [4.69, 9.17) is 0 Å². The first-order valence-electron chi connectivity index (χ1n) is 12.9. The molecule has 0 heterocycles. The maximum Gasteiger partial charge on any atom is 0.244 e. The molecular formula is C30H36FN3O4S. The van der Waals surface area contributed by atoms with Crippen molar-refractivity contribution in [3.63, 3.8) is 0 Å². The highest BCUT2D eigenvalue weighted by Gasteiger charge is 2.33. The average molecular weight is 554 g/mol. The van der Waals surface area contributed by atoms with E-state index in [1.165, 1.54) is 17.0 Å². The summed E-state index contributed by atoms with van der Waals surface area (Å²) in [5.74, 6) is -1.39. The standard InChI is InChI=1S/C30H36FN3O4S/c1-5-23(3)32-30(36)28(19-24-9-7-6-8-10-24)33(20-25-13-11-22(2)12-14-25)29(35)21-34(39(4,37)38)27-17-15-26(31)16-18-27/h6-18,23,28H,5,19-21H2,1-4H3,(H,32,36)/t23-,28-/m1/s1. The molecule has 0 saturated heterocycles. The Labute approximate surface area is 230 Å². The first-order chi connectivity index (χ1) is 18.5. The van der Waals surface area contributed by atoms with Gasteiger partial charge < -0.3 is 10.2 Å². The number of nitrogens with zero attached hydrogens (tertiary/aromatic N) is 2. The van der Waals surface area contributed by atoms with Gasteiger partial charge in [0.05, 0.1) is 11.9 Å². The SMILES string of the molecule is CC[C@@H](C)NC(=O)[C@@H](Cc1ccccc1)N(Cc1ccc(C)cc1)C(=O)CN(c1ccc(F)cc1)S(C)(=O)=O. The summed E-state index contributed by atoms with van der Waals surface area (Å²) < 4.78 is 40.0. The van der Waals surface area contributed by atoms with E-state index < -0.39 is 34.3 Å². The molecule has 3 rings (SSSR count). The largest absolute Gasteiger partial charge is 0.352 e. The summed E-state index contributed by atoms with van der Waals surface area (Å²) in [6.45, 7) is 5.36. The van der Waals surface area contributed by atoms with E-state index in [-0.39, 0.29) is 30.6 Å². The summed E-state index contributed by atoms with van der Waals surface area (Å²) in [5.41, 5.74) is 2.87. The summed E-state index contributed by atoms with van der Waals surface area (Å²) in [7, 11) is -3.90. The van der Waals surface area contributed by atoms with Crippen molar-refractivity contribution in [3.05, 3.63) is 101 Å². The topological polar surface area (TPSA) is 86.8 Å². The fourth-order valence-corrected chi connectivity index (χ4v) is 4.96. The van der Waals surface area contributed by atoms with Gasteiger partial charge in [-0.05, 0) is 55.7 Å². The second-order valence-electron chi connectivity index (χ2n) is 9.78. The molecule has 2 amide bonds. The summed E-state index contributed by atoms with van der Waals surface area (Å²) in [5, 5.41) is 3.00. The van der Waals surface area contributed by atoms with E-state index in [0.717, 1.165) is 39.4 Å². The van der Waals surface area contributed by atoms with Gasteiger partial charge in [0, 0.05) is 19.0 Å². The lowest BCUT2D eigenvalue weighted by atomic mass is 10.0. The number of sulfonamides is 1. The van der Waals surface area contributed by atoms with E-state index in [0.29, 0.717) is 6.42 Å². The van der Waals surface area contributed by atoms with Crippen LogP contribution in [0.2, 0.25) is 0 Å². The van der Waals surface area contributed by atoms with Crippen LogP contribution in [0, 0.1) is 12.7 Å². The van der Waals surface area contributed by atoms with Gasteiger partial charge in [-0.3, -0.25) is 13.9 Å². The van der Waals surface area contributed by atoms with Crippen molar-refractivity contribution in [2.45, 2.75) is 52.2 Å². The molecule has 1 N–H and O–H groups in total. The molecule has 0 saturated carbocycles. The highest BCUT2D eigenvalue weighted by Crippen LogP contribution is 2.21. The molecule has 0 aliphatic rings. The Bertz CT molecular complexity index is 1350. The Morgan fingerprint density at radius 3 is 2.10 bits per heavy atom. The van der Waals surface area contributed by atoms with Crippen molar-refractivity contribution in [3.8, 4) is 0 Å². The van der Waals surface area contributed by atoms with Gasteiger partial charge in [0.1, 0.15) is 18.4 Å². The fourth-order valence-electron chi connectivity index (χ4n) is 4.11. The predicted octanol–water partition coefficient (Wildman–Crippen LogP) is 4.45. The van der Waals surface area contributed by atoms with Crippen LogP contribution in [0.4, 0.5) is 10.1 Å². The normalized spacial score (nSPS) is 12.8. The Hall–Kier alpha value is -3.72. The number of aryl methyl sites for hydroxylation is 1. The zero-order chi connectivity index (χ0) is 28.6. The number of carbonyl (C=O) groups is 2. The van der Waals surface area contributed by atoms with Gasteiger partial charge in [-0.25, -0.2) is 12.8 Å². The van der Waals surface area contributed by atoms with E-state index in [2.05, 4.69) is 5.32 Å². The number of nitrogens with one attached hydrogen (secondary N) is 1. The molecule has 0 fully saturated rings. The highest BCUT2D eigenvalue weighted by atomic mass is 32.2. The molecule has 0 radical (unpaired) electrons. The quantitative estimate of drug-likeness (QED) is 0.359. The molecule has 0 aromatic heterocycles. The second-order valence-corrected chi connectivity index (χ2v) is 11.7. The zero-order valence-electron chi connectivity index (χ0n) is 22.8. The van der Waals surface area contributed by atoms with E-state index in [9.17, 15) is 22.4 Å². The van der Waals surface area contributed by atoms with E-state index in [1.807, 2.05) is 75.4 Å². The lowest BCUT2D eigenvalue weighted by molar-refractivity contribution is -0.140. The number of hydrogen-bond acceptors (Lipinski definition) is 4. The van der Waals surface area contributed by atoms with Gasteiger partial charge in [0.2, 0.25) is 21.8 Å². The molecular weight excluding hydrogens is 517 g/mol. The molecule has 7 nitrogen and oxygen atoms in total. The molecule has 2 atom stereocenters. The number of amides is 2. The first kappa shape index (κ1) is 29.8. The van der Waals surface area contributed by atoms with Crippen molar-refractivity contribution >= 4 is 27.5 Å². The van der Waals surface area contributed by atoms with Gasteiger partial charge in [0.25, 0.3) is 0 Å². The Balaban J connectivity index is 2.04. The van der Waals surface area contributed by atoms with E-state index >= 15 is 0 Å². The summed E-state index contributed by atoms with van der Waals surface area (Å²) >= 11 is 0. The number of carbonyl (C=O) groups excluding carboxylic acids is 2. The van der Waals surface area contributed by atoms with Gasteiger partial charge in [-0.2, -0.15) is 0 Å². The summed E-state index contributed by atoms with van der Waals surface area (Å²) in [4.78, 5) is 29.0. The van der Waals surface area contributed by atoms with Crippen LogP contribution >= 0.6 is 0 Å². The molecule has 39 heavy (non-hydrogen) atoms. The van der Waals surface area contributed by atoms with E-state index in [1.54, 1.807) is 0 Å². The molecule has 3 aromatic rings. The third-order valence-electron chi connectivity index (χ3n) is 6.54.